The number of esters is 1. The maximum Gasteiger partial charge on any atom is 0.309 e. The van der Waals surface area contributed by atoms with E-state index in [-0.39, 0.29) is 11.9 Å². The number of ether oxygens (including phenoxy) is 1. The van der Waals surface area contributed by atoms with Gasteiger partial charge in [0.2, 0.25) is 0 Å². The summed E-state index contributed by atoms with van der Waals surface area (Å²) in [5, 5.41) is 1.13. The highest BCUT2D eigenvalue weighted by Gasteiger charge is 2.26. The van der Waals surface area contributed by atoms with Gasteiger partial charge in [-0.2, -0.15) is 0 Å². The lowest BCUT2D eigenvalue weighted by Crippen LogP contribution is -2.37. The second-order valence-corrected chi connectivity index (χ2v) is 7.62. The minimum Gasteiger partial charge on any atom is -0.466 e. The fourth-order valence-electron chi connectivity index (χ4n) is 4.30. The van der Waals surface area contributed by atoms with Crippen LogP contribution in [0.3, 0.4) is 0 Å². The summed E-state index contributed by atoms with van der Waals surface area (Å²) < 4.78 is 7.46. The van der Waals surface area contributed by atoms with Crippen molar-refractivity contribution < 1.29 is 9.53 Å². The smallest absolute Gasteiger partial charge is 0.309 e. The summed E-state index contributed by atoms with van der Waals surface area (Å²) >= 11 is 0. The molecule has 3 heterocycles. The summed E-state index contributed by atoms with van der Waals surface area (Å²) in [6, 6.07) is 16.4. The molecule has 6 heteroatoms. The minimum absolute atomic E-state index is 0.0214. The molecule has 0 bridgehead atoms. The number of carbonyl (C=O) groups is 1. The molecule has 0 unspecified atom stereocenters. The van der Waals surface area contributed by atoms with E-state index in [4.69, 9.17) is 14.7 Å². The molecular formula is C23H24N4O2. The van der Waals surface area contributed by atoms with Crippen LogP contribution in [0.5, 0.6) is 0 Å². The van der Waals surface area contributed by atoms with Crippen molar-refractivity contribution in [3.8, 4) is 0 Å². The lowest BCUT2D eigenvalue weighted by Gasteiger charge is -2.31. The van der Waals surface area contributed by atoms with Crippen molar-refractivity contribution in [1.82, 2.24) is 19.4 Å². The van der Waals surface area contributed by atoms with Gasteiger partial charge in [-0.3, -0.25) is 9.69 Å². The lowest BCUT2D eigenvalue weighted by atomic mass is 9.97. The number of hydrogen-bond acceptors (Lipinski definition) is 5. The van der Waals surface area contributed by atoms with Gasteiger partial charge >= 0.3 is 5.97 Å². The second-order valence-electron chi connectivity index (χ2n) is 7.62. The fourth-order valence-corrected chi connectivity index (χ4v) is 4.30. The molecule has 0 spiro atoms. The van der Waals surface area contributed by atoms with Crippen LogP contribution < -0.4 is 0 Å². The zero-order valence-corrected chi connectivity index (χ0v) is 16.5. The average molecular weight is 388 g/mol. The first-order chi connectivity index (χ1) is 14.2. The molecule has 5 rings (SSSR count). The molecule has 2 aromatic carbocycles. The Bertz CT molecular complexity index is 1190. The fraction of sp³-hybridized carbons (Fsp3) is 0.348. The summed E-state index contributed by atoms with van der Waals surface area (Å²) in [4.78, 5) is 24.3. The van der Waals surface area contributed by atoms with E-state index < -0.39 is 0 Å². The van der Waals surface area contributed by atoms with Crippen LogP contribution >= 0.6 is 0 Å². The Kier molecular flexibility index (Phi) is 4.64. The normalized spacial score (nSPS) is 16.0. The molecule has 1 aliphatic heterocycles. The Morgan fingerprint density at radius 2 is 1.72 bits per heavy atom. The van der Waals surface area contributed by atoms with Gasteiger partial charge in [0, 0.05) is 18.5 Å². The number of piperidine rings is 1. The van der Waals surface area contributed by atoms with Crippen LogP contribution in [0.2, 0.25) is 0 Å². The molecule has 4 aromatic rings. The van der Waals surface area contributed by atoms with Crippen LogP contribution in [0.15, 0.2) is 48.5 Å². The van der Waals surface area contributed by atoms with E-state index in [0.29, 0.717) is 6.61 Å². The molecule has 1 fully saturated rings. The Morgan fingerprint density at radius 1 is 1.03 bits per heavy atom. The molecule has 0 aliphatic carbocycles. The lowest BCUT2D eigenvalue weighted by molar-refractivity contribution is -0.149. The maximum atomic E-state index is 12.0. The Balaban J connectivity index is 1.49. The molecule has 6 nitrogen and oxygen atoms in total. The molecule has 2 aromatic heterocycles. The van der Waals surface area contributed by atoms with E-state index in [0.717, 1.165) is 65.7 Å². The molecular weight excluding hydrogens is 364 g/mol. The van der Waals surface area contributed by atoms with E-state index in [1.165, 1.54) is 0 Å². The maximum absolute atomic E-state index is 12.0. The Hall–Kier alpha value is -2.99. The molecule has 29 heavy (non-hydrogen) atoms. The average Bonchev–Trinajstić information content (AvgIpc) is 3.06. The topological polar surface area (TPSA) is 60.2 Å². The van der Waals surface area contributed by atoms with E-state index in [1.54, 1.807) is 0 Å². The van der Waals surface area contributed by atoms with Crippen molar-refractivity contribution in [3.63, 3.8) is 0 Å². The zero-order chi connectivity index (χ0) is 19.8. The first-order valence-electron chi connectivity index (χ1n) is 10.3. The number of aromatic nitrogens is 3. The number of rotatable bonds is 4. The third-order valence-electron chi connectivity index (χ3n) is 5.81. The predicted molar refractivity (Wildman–Crippen MR) is 113 cm³/mol. The number of fused-ring (bicyclic) bond motifs is 4. The second kappa shape index (κ2) is 7.44. The molecule has 0 amide bonds. The van der Waals surface area contributed by atoms with Gasteiger partial charge in [0.1, 0.15) is 5.52 Å². The van der Waals surface area contributed by atoms with Gasteiger partial charge in [-0.1, -0.05) is 30.3 Å². The number of carbonyl (C=O) groups excluding carboxylic acids is 1. The van der Waals surface area contributed by atoms with Gasteiger partial charge in [0.25, 0.3) is 0 Å². The first kappa shape index (κ1) is 18.1. The van der Waals surface area contributed by atoms with Crippen molar-refractivity contribution in [3.05, 3.63) is 48.5 Å². The predicted octanol–water partition coefficient (Wildman–Crippen LogP) is 3.97. The van der Waals surface area contributed by atoms with Gasteiger partial charge in [0.05, 0.1) is 35.7 Å². The van der Waals surface area contributed by atoms with Crippen molar-refractivity contribution in [2.75, 3.05) is 19.7 Å². The Labute approximate surface area is 169 Å². The number of hydrogen-bond donors (Lipinski definition) is 0. The Morgan fingerprint density at radius 3 is 2.48 bits per heavy atom. The minimum atomic E-state index is -0.0543. The van der Waals surface area contributed by atoms with Crippen LogP contribution in [-0.4, -0.2) is 45.1 Å². The highest BCUT2D eigenvalue weighted by Crippen LogP contribution is 2.29. The molecule has 0 saturated carbocycles. The van der Waals surface area contributed by atoms with Gasteiger partial charge in [-0.15, -0.1) is 0 Å². The SMILES string of the molecule is CCOC(=O)C1CCN(Cn2c3ccccc3c3nc4ccccc4nc32)CC1. The summed E-state index contributed by atoms with van der Waals surface area (Å²) in [6.07, 6.45) is 1.68. The van der Waals surface area contributed by atoms with Crippen LogP contribution in [0.1, 0.15) is 19.8 Å². The monoisotopic (exact) mass is 388 g/mol. The number of likely N-dealkylation sites (tertiary alicyclic amines) is 1. The zero-order valence-electron chi connectivity index (χ0n) is 16.5. The highest BCUT2D eigenvalue weighted by atomic mass is 16.5. The molecule has 1 saturated heterocycles. The quantitative estimate of drug-likeness (QED) is 0.495. The number of benzene rings is 2. The van der Waals surface area contributed by atoms with Gasteiger partial charge < -0.3 is 9.30 Å². The summed E-state index contributed by atoms with van der Waals surface area (Å²) in [6.45, 7) is 4.80. The van der Waals surface area contributed by atoms with Crippen LogP contribution in [0, 0.1) is 5.92 Å². The third-order valence-corrected chi connectivity index (χ3v) is 5.81. The molecule has 1 aliphatic rings. The summed E-state index contributed by atoms with van der Waals surface area (Å²) in [7, 11) is 0. The number of para-hydroxylation sites is 3. The van der Waals surface area contributed by atoms with Gasteiger partial charge in [-0.25, -0.2) is 9.97 Å². The van der Waals surface area contributed by atoms with Crippen molar-refractivity contribution in [2.45, 2.75) is 26.4 Å². The molecule has 0 atom stereocenters. The highest BCUT2D eigenvalue weighted by molar-refractivity contribution is 6.06. The molecule has 0 radical (unpaired) electrons. The molecule has 148 valence electrons. The van der Waals surface area contributed by atoms with Crippen molar-refractivity contribution in [2.24, 2.45) is 5.92 Å². The van der Waals surface area contributed by atoms with Crippen LogP contribution in [-0.2, 0) is 16.2 Å². The van der Waals surface area contributed by atoms with Crippen LogP contribution in [0.25, 0.3) is 33.1 Å². The summed E-state index contributed by atoms with van der Waals surface area (Å²) in [5.74, 6) is -0.0329. The van der Waals surface area contributed by atoms with Gasteiger partial charge in [-0.05, 0) is 38.0 Å². The molecule has 0 N–H and O–H groups in total. The largest absolute Gasteiger partial charge is 0.466 e. The van der Waals surface area contributed by atoms with E-state index >= 15 is 0 Å². The van der Waals surface area contributed by atoms with Crippen LogP contribution in [0.4, 0.5) is 0 Å². The van der Waals surface area contributed by atoms with E-state index in [9.17, 15) is 4.79 Å². The summed E-state index contributed by atoms with van der Waals surface area (Å²) in [5.41, 5.74) is 4.83. The standard InChI is InChI=1S/C23H24N4O2/c1-2-29-23(28)16-11-13-26(14-12-16)15-27-20-10-6-3-7-17(20)21-22(27)25-19-9-5-4-8-18(19)24-21/h3-10,16H,2,11-15H2,1H3. The first-order valence-corrected chi connectivity index (χ1v) is 10.3. The van der Waals surface area contributed by atoms with Gasteiger partial charge in [0.15, 0.2) is 5.65 Å². The van der Waals surface area contributed by atoms with E-state index in [2.05, 4.69) is 27.7 Å². The number of nitrogens with zero attached hydrogens (tertiary/aromatic N) is 4. The van der Waals surface area contributed by atoms with E-state index in [1.807, 2.05) is 37.3 Å². The van der Waals surface area contributed by atoms with Crippen molar-refractivity contribution >= 4 is 39.1 Å². The van der Waals surface area contributed by atoms with Crippen molar-refractivity contribution in [1.29, 1.82) is 0 Å². The third kappa shape index (κ3) is 3.23.